The molecule has 1 unspecified atom stereocenters. The summed E-state index contributed by atoms with van der Waals surface area (Å²) in [6.07, 6.45) is 2.21. The fourth-order valence-electron chi connectivity index (χ4n) is 4.99. The number of phenols is 1. The van der Waals surface area contributed by atoms with E-state index in [0.717, 1.165) is 59.4 Å². The first-order valence-electron chi connectivity index (χ1n) is 10.7. The van der Waals surface area contributed by atoms with Gasteiger partial charge in [0.2, 0.25) is 0 Å². The van der Waals surface area contributed by atoms with Gasteiger partial charge in [0.15, 0.2) is 11.6 Å². The normalized spacial score (nSPS) is 17.7. The van der Waals surface area contributed by atoms with Gasteiger partial charge in [-0.1, -0.05) is 6.92 Å². The summed E-state index contributed by atoms with van der Waals surface area (Å²) < 4.78 is 20.6. The van der Waals surface area contributed by atoms with Crippen molar-refractivity contribution in [1.29, 1.82) is 5.26 Å². The second-order valence-electron chi connectivity index (χ2n) is 8.69. The first kappa shape index (κ1) is 20.1. The van der Waals surface area contributed by atoms with Crippen LogP contribution in [0.3, 0.4) is 0 Å². The Hall–Kier alpha value is -3.48. The molecular weight excluding hydrogens is 441 g/mol. The van der Waals surface area contributed by atoms with Gasteiger partial charge < -0.3 is 20.5 Å². The Morgan fingerprint density at radius 3 is 2.91 bits per heavy atom. The largest absolute Gasteiger partial charge is 0.505 e. The Morgan fingerprint density at radius 2 is 2.15 bits per heavy atom. The van der Waals surface area contributed by atoms with Crippen LogP contribution in [-0.4, -0.2) is 28.2 Å². The number of ether oxygens (including phenoxy) is 1. The van der Waals surface area contributed by atoms with Crippen LogP contribution in [0.1, 0.15) is 30.0 Å². The zero-order valence-electron chi connectivity index (χ0n) is 17.9. The molecule has 0 radical (unpaired) electrons. The number of aromatic nitrogens is 2. The van der Waals surface area contributed by atoms with E-state index in [2.05, 4.69) is 22.9 Å². The van der Waals surface area contributed by atoms with Gasteiger partial charge >= 0.3 is 0 Å². The second-order valence-corrected chi connectivity index (χ2v) is 9.74. The van der Waals surface area contributed by atoms with Crippen LogP contribution in [-0.2, 0) is 18.0 Å². The van der Waals surface area contributed by atoms with Gasteiger partial charge in [0.25, 0.3) is 0 Å². The molecule has 7 nitrogen and oxygen atoms in total. The minimum absolute atomic E-state index is 0.0441. The number of pyridine rings is 2. The summed E-state index contributed by atoms with van der Waals surface area (Å²) >= 11 is 1.01. The summed E-state index contributed by atoms with van der Waals surface area (Å²) in [5.74, 6) is 0.799. The van der Waals surface area contributed by atoms with Crippen molar-refractivity contribution in [1.82, 2.24) is 9.97 Å². The Balaban J connectivity index is 1.67. The van der Waals surface area contributed by atoms with Gasteiger partial charge in [0.1, 0.15) is 22.4 Å². The lowest BCUT2D eigenvalue weighted by Crippen LogP contribution is -2.20. The number of nitriles is 1. The molecule has 0 saturated carbocycles. The molecule has 33 heavy (non-hydrogen) atoms. The number of phenolic OH excluding ortho intramolecular Hbond substituents is 1. The number of aromatic hydroxyl groups is 1. The maximum atomic E-state index is 14.6. The van der Waals surface area contributed by atoms with Gasteiger partial charge in [-0.3, -0.25) is 4.98 Å². The minimum Gasteiger partial charge on any atom is -0.505 e. The summed E-state index contributed by atoms with van der Waals surface area (Å²) in [6.45, 7) is 4.70. The quantitative estimate of drug-likeness (QED) is 0.446. The predicted molar refractivity (Wildman–Crippen MR) is 126 cm³/mol. The number of thiophene rings is 1. The molecule has 1 atom stereocenters. The molecule has 2 aliphatic heterocycles. The number of benzene rings is 1. The Bertz CT molecular complexity index is 1510. The molecular formula is C24H20FN5O2S. The zero-order valence-corrected chi connectivity index (χ0v) is 18.7. The van der Waals surface area contributed by atoms with Crippen molar-refractivity contribution in [3.8, 4) is 23.1 Å². The maximum Gasteiger partial charge on any atom is 0.159 e. The molecule has 1 fully saturated rings. The molecule has 2 aliphatic rings. The molecule has 9 heteroatoms. The molecule has 166 valence electrons. The van der Waals surface area contributed by atoms with E-state index >= 15 is 0 Å². The number of rotatable bonds is 2. The highest BCUT2D eigenvalue weighted by atomic mass is 32.1. The van der Waals surface area contributed by atoms with Crippen molar-refractivity contribution < 1.29 is 14.2 Å². The molecule has 1 aromatic carbocycles. The smallest absolute Gasteiger partial charge is 0.159 e. The monoisotopic (exact) mass is 461 g/mol. The van der Waals surface area contributed by atoms with Crippen molar-refractivity contribution in [2.75, 3.05) is 23.7 Å². The van der Waals surface area contributed by atoms with Gasteiger partial charge in [-0.05, 0) is 35.6 Å². The first-order chi connectivity index (χ1) is 16.0. The van der Waals surface area contributed by atoms with Crippen molar-refractivity contribution in [2.24, 2.45) is 5.92 Å². The van der Waals surface area contributed by atoms with Crippen molar-refractivity contribution in [3.05, 3.63) is 40.8 Å². The highest BCUT2D eigenvalue weighted by Gasteiger charge is 2.30. The van der Waals surface area contributed by atoms with Crippen molar-refractivity contribution in [3.63, 3.8) is 0 Å². The van der Waals surface area contributed by atoms with E-state index < -0.39 is 5.82 Å². The molecule has 0 spiro atoms. The third kappa shape index (κ3) is 2.88. The van der Waals surface area contributed by atoms with Gasteiger partial charge in [0, 0.05) is 23.9 Å². The minimum atomic E-state index is -0.552. The van der Waals surface area contributed by atoms with Crippen molar-refractivity contribution >= 4 is 43.1 Å². The molecule has 1 saturated heterocycles. The van der Waals surface area contributed by atoms with Gasteiger partial charge in [-0.25, -0.2) is 9.37 Å². The standard InChI is InChI=1S/C24H20FN5O2S/c1-11-4-5-30(8-11)17-3-2-12-14-9-32-10-15(14)18(22(31)20(12)29-17)21-19-13(6-26)24(27)33-23(19)16(25)7-28-21/h2-3,7,11,31H,4-5,8-10,27H2,1H3. The van der Waals surface area contributed by atoms with Crippen molar-refractivity contribution in [2.45, 2.75) is 26.6 Å². The Labute approximate surface area is 192 Å². The van der Waals surface area contributed by atoms with Crippen LogP contribution in [0, 0.1) is 23.1 Å². The van der Waals surface area contributed by atoms with Crippen LogP contribution in [0.15, 0.2) is 18.3 Å². The third-order valence-electron chi connectivity index (χ3n) is 6.62. The van der Waals surface area contributed by atoms with Crippen LogP contribution in [0.4, 0.5) is 15.2 Å². The highest BCUT2D eigenvalue weighted by Crippen LogP contribution is 2.48. The van der Waals surface area contributed by atoms with E-state index in [4.69, 9.17) is 15.5 Å². The molecule has 5 heterocycles. The number of hydrogen-bond acceptors (Lipinski definition) is 8. The van der Waals surface area contributed by atoms with E-state index in [0.29, 0.717) is 34.7 Å². The predicted octanol–water partition coefficient (Wildman–Crippen LogP) is 4.69. The lowest BCUT2D eigenvalue weighted by molar-refractivity contribution is 0.135. The summed E-state index contributed by atoms with van der Waals surface area (Å²) in [7, 11) is 0. The fraction of sp³-hybridized carbons (Fsp3) is 0.292. The Morgan fingerprint density at radius 1 is 1.33 bits per heavy atom. The number of fused-ring (bicyclic) bond motifs is 4. The number of nitrogens with two attached hydrogens (primary N) is 1. The van der Waals surface area contributed by atoms with Crippen LogP contribution >= 0.6 is 11.3 Å². The number of nitrogens with zero attached hydrogens (tertiary/aromatic N) is 4. The van der Waals surface area contributed by atoms with E-state index in [9.17, 15) is 14.8 Å². The SMILES string of the molecule is CC1CCN(c2ccc3c4c(c(-c5ncc(F)c6sc(N)c(C#N)c56)c(O)c3n2)COC4)C1. The van der Waals surface area contributed by atoms with E-state index in [1.807, 2.05) is 12.1 Å². The van der Waals surface area contributed by atoms with Gasteiger partial charge in [-0.2, -0.15) is 5.26 Å². The van der Waals surface area contributed by atoms with Gasteiger partial charge in [-0.15, -0.1) is 11.3 Å². The number of anilines is 2. The number of halogens is 1. The van der Waals surface area contributed by atoms with E-state index in [-0.39, 0.29) is 27.6 Å². The maximum absolute atomic E-state index is 14.6. The number of nitrogen functional groups attached to an aromatic ring is 1. The molecule has 3 aromatic heterocycles. The highest BCUT2D eigenvalue weighted by molar-refractivity contribution is 7.23. The molecule has 0 bridgehead atoms. The van der Waals surface area contributed by atoms with Crippen LogP contribution in [0.5, 0.6) is 5.75 Å². The molecule has 6 rings (SSSR count). The average Bonchev–Trinajstić information content (AvgIpc) is 3.53. The summed E-state index contributed by atoms with van der Waals surface area (Å²) in [5, 5.41) is 22.6. The summed E-state index contributed by atoms with van der Waals surface area (Å²) in [6, 6.07) is 6.04. The number of hydrogen-bond donors (Lipinski definition) is 2. The first-order valence-corrected chi connectivity index (χ1v) is 11.6. The van der Waals surface area contributed by atoms with Crippen LogP contribution < -0.4 is 10.6 Å². The molecule has 0 aliphatic carbocycles. The Kier molecular flexibility index (Phi) is 4.44. The van der Waals surface area contributed by atoms with E-state index in [1.165, 1.54) is 0 Å². The topological polar surface area (TPSA) is 108 Å². The lowest BCUT2D eigenvalue weighted by Gasteiger charge is -2.19. The second kappa shape index (κ2) is 7.27. The zero-order chi connectivity index (χ0) is 22.9. The van der Waals surface area contributed by atoms with Gasteiger partial charge in [0.05, 0.1) is 40.9 Å². The van der Waals surface area contributed by atoms with Crippen LogP contribution in [0.25, 0.3) is 32.2 Å². The average molecular weight is 462 g/mol. The summed E-state index contributed by atoms with van der Waals surface area (Å²) in [5.41, 5.74) is 9.08. The molecule has 3 N–H and O–H groups in total. The summed E-state index contributed by atoms with van der Waals surface area (Å²) in [4.78, 5) is 11.4. The molecule has 0 amide bonds. The van der Waals surface area contributed by atoms with Crippen LogP contribution in [0.2, 0.25) is 0 Å². The fourth-order valence-corrected chi connectivity index (χ4v) is 5.91. The third-order valence-corrected chi connectivity index (χ3v) is 7.65. The van der Waals surface area contributed by atoms with E-state index in [1.54, 1.807) is 0 Å². The molecule has 4 aromatic rings. The lowest BCUT2D eigenvalue weighted by atomic mass is 9.93.